The van der Waals surface area contributed by atoms with Gasteiger partial charge in [-0.25, -0.2) is 4.98 Å². The van der Waals surface area contributed by atoms with E-state index in [2.05, 4.69) is 9.97 Å². The van der Waals surface area contributed by atoms with Crippen LogP contribution in [0.5, 0.6) is 5.75 Å². The number of carbonyl (C=O) groups excluding carboxylic acids is 2. The molecule has 2 heterocycles. The predicted molar refractivity (Wildman–Crippen MR) is 110 cm³/mol. The lowest BCUT2D eigenvalue weighted by molar-refractivity contribution is -0.143. The molecule has 1 saturated heterocycles. The summed E-state index contributed by atoms with van der Waals surface area (Å²) in [4.78, 5) is 35.8. The van der Waals surface area contributed by atoms with Crippen molar-refractivity contribution < 1.29 is 19.8 Å². The summed E-state index contributed by atoms with van der Waals surface area (Å²) in [7, 11) is 0. The molecule has 1 aliphatic heterocycles. The Labute approximate surface area is 172 Å². The van der Waals surface area contributed by atoms with E-state index in [1.807, 2.05) is 18.2 Å². The van der Waals surface area contributed by atoms with Gasteiger partial charge in [-0.3, -0.25) is 9.59 Å². The Bertz CT molecular complexity index is 1140. The summed E-state index contributed by atoms with van der Waals surface area (Å²) in [5, 5.41) is 20.6. The molecule has 8 heteroatoms. The molecule has 0 unspecified atom stereocenters. The van der Waals surface area contributed by atoms with E-state index < -0.39 is 5.60 Å². The fourth-order valence-electron chi connectivity index (χ4n) is 3.99. The number of imidazole rings is 1. The van der Waals surface area contributed by atoms with Gasteiger partial charge in [0.2, 0.25) is 0 Å². The zero-order valence-electron chi connectivity index (χ0n) is 16.3. The van der Waals surface area contributed by atoms with Crippen molar-refractivity contribution in [3.8, 4) is 16.9 Å². The summed E-state index contributed by atoms with van der Waals surface area (Å²) < 4.78 is 0. The number of aromatic nitrogens is 2. The number of nitrogens with zero attached hydrogens (tertiary/aromatic N) is 3. The number of aliphatic hydroxyl groups is 1. The first-order valence-electron chi connectivity index (χ1n) is 10.0. The average Bonchev–Trinajstić information content (AvgIpc) is 3.33. The van der Waals surface area contributed by atoms with E-state index in [0.29, 0.717) is 39.0 Å². The molecule has 0 spiro atoms. The lowest BCUT2D eigenvalue weighted by atomic mass is 10.0. The van der Waals surface area contributed by atoms with Crippen molar-refractivity contribution >= 4 is 22.8 Å². The highest BCUT2D eigenvalue weighted by molar-refractivity contribution is 5.99. The second-order valence-corrected chi connectivity index (χ2v) is 7.95. The van der Waals surface area contributed by atoms with Crippen molar-refractivity contribution in [3.63, 3.8) is 0 Å². The largest absolute Gasteiger partial charge is 0.507 e. The molecule has 154 valence electrons. The van der Waals surface area contributed by atoms with Crippen molar-refractivity contribution in [1.29, 1.82) is 0 Å². The maximum atomic E-state index is 12.9. The lowest BCUT2D eigenvalue weighted by Gasteiger charge is -2.35. The van der Waals surface area contributed by atoms with E-state index in [9.17, 15) is 19.8 Å². The van der Waals surface area contributed by atoms with E-state index in [4.69, 9.17) is 0 Å². The summed E-state index contributed by atoms with van der Waals surface area (Å²) in [6.07, 6.45) is 2.65. The smallest absolute Gasteiger partial charge is 0.257 e. The molecule has 2 fully saturated rings. The number of para-hydroxylation sites is 1. The monoisotopic (exact) mass is 406 g/mol. The molecule has 2 aliphatic rings. The van der Waals surface area contributed by atoms with Gasteiger partial charge < -0.3 is 25.0 Å². The maximum Gasteiger partial charge on any atom is 0.257 e. The van der Waals surface area contributed by atoms with Gasteiger partial charge in [-0.05, 0) is 36.6 Å². The Morgan fingerprint density at radius 2 is 1.77 bits per heavy atom. The number of hydrogen-bond donors (Lipinski definition) is 3. The lowest BCUT2D eigenvalue weighted by Crippen LogP contribution is -2.53. The van der Waals surface area contributed by atoms with E-state index in [1.165, 1.54) is 0 Å². The predicted octanol–water partition coefficient (Wildman–Crippen LogP) is 1.74. The van der Waals surface area contributed by atoms with Crippen LogP contribution in [0.15, 0.2) is 42.7 Å². The molecule has 3 aromatic rings. The SMILES string of the molecule is O=C(c1ccc(-c2cccc3[nH]cnc23)cc1O)N1CCN(C(=O)C2(O)CC2)CC1. The number of fused-ring (bicyclic) bond motifs is 1. The van der Waals surface area contributed by atoms with Crippen LogP contribution in [0.1, 0.15) is 23.2 Å². The van der Waals surface area contributed by atoms with Crippen LogP contribution in [0.25, 0.3) is 22.2 Å². The number of benzene rings is 2. The number of phenols is 1. The highest BCUT2D eigenvalue weighted by Gasteiger charge is 2.50. The number of piperazine rings is 1. The summed E-state index contributed by atoms with van der Waals surface area (Å²) in [5.41, 5.74) is 2.39. The Hall–Kier alpha value is -3.39. The highest BCUT2D eigenvalue weighted by atomic mass is 16.3. The molecule has 30 heavy (non-hydrogen) atoms. The van der Waals surface area contributed by atoms with Crippen molar-refractivity contribution in [2.45, 2.75) is 18.4 Å². The third-order valence-electron chi connectivity index (χ3n) is 5.96. The van der Waals surface area contributed by atoms with Gasteiger partial charge in [-0.2, -0.15) is 0 Å². The second kappa shape index (κ2) is 6.84. The number of hydrogen-bond acceptors (Lipinski definition) is 5. The number of phenolic OH excluding ortho intramolecular Hbond substituents is 1. The number of amides is 2. The fraction of sp³-hybridized carbons (Fsp3) is 0.318. The Kier molecular flexibility index (Phi) is 4.25. The van der Waals surface area contributed by atoms with Crippen LogP contribution in [-0.4, -0.2) is 73.6 Å². The average molecular weight is 406 g/mol. The molecule has 2 aromatic carbocycles. The molecule has 8 nitrogen and oxygen atoms in total. The number of rotatable bonds is 3. The molecule has 1 saturated carbocycles. The summed E-state index contributed by atoms with van der Waals surface area (Å²) >= 11 is 0. The van der Waals surface area contributed by atoms with E-state index in [0.717, 1.165) is 22.2 Å². The third kappa shape index (κ3) is 3.09. The van der Waals surface area contributed by atoms with Gasteiger partial charge in [0.1, 0.15) is 11.4 Å². The number of aromatic hydroxyl groups is 1. The van der Waals surface area contributed by atoms with Gasteiger partial charge in [0.05, 0.1) is 22.9 Å². The second-order valence-electron chi connectivity index (χ2n) is 7.95. The number of H-pyrrole nitrogens is 1. The number of carbonyl (C=O) groups is 2. The summed E-state index contributed by atoms with van der Waals surface area (Å²) in [6.45, 7) is 1.50. The summed E-state index contributed by atoms with van der Waals surface area (Å²) in [6, 6.07) is 10.8. The molecule has 0 atom stereocenters. The zero-order chi connectivity index (χ0) is 20.9. The van der Waals surface area contributed by atoms with Crippen molar-refractivity contribution in [3.05, 3.63) is 48.3 Å². The Morgan fingerprint density at radius 1 is 1.03 bits per heavy atom. The van der Waals surface area contributed by atoms with E-state index >= 15 is 0 Å². The third-order valence-corrected chi connectivity index (χ3v) is 5.96. The Morgan fingerprint density at radius 3 is 2.47 bits per heavy atom. The van der Waals surface area contributed by atoms with Gasteiger partial charge >= 0.3 is 0 Å². The van der Waals surface area contributed by atoms with Gasteiger partial charge in [-0.1, -0.05) is 18.2 Å². The zero-order valence-corrected chi connectivity index (χ0v) is 16.3. The normalized spacial score (nSPS) is 17.9. The van der Waals surface area contributed by atoms with Gasteiger partial charge in [0, 0.05) is 31.7 Å². The molecule has 3 N–H and O–H groups in total. The Balaban J connectivity index is 1.32. The molecular weight excluding hydrogens is 384 g/mol. The van der Waals surface area contributed by atoms with Crippen LogP contribution in [0.3, 0.4) is 0 Å². The highest BCUT2D eigenvalue weighted by Crippen LogP contribution is 2.37. The quantitative estimate of drug-likeness (QED) is 0.614. The first-order valence-corrected chi connectivity index (χ1v) is 10.0. The van der Waals surface area contributed by atoms with Gasteiger partial charge in [0.15, 0.2) is 0 Å². The molecule has 2 amide bonds. The molecular formula is C22H22N4O4. The van der Waals surface area contributed by atoms with Crippen LogP contribution in [0.2, 0.25) is 0 Å². The van der Waals surface area contributed by atoms with Gasteiger partial charge in [-0.15, -0.1) is 0 Å². The molecule has 1 aliphatic carbocycles. The molecule has 1 aromatic heterocycles. The van der Waals surface area contributed by atoms with Crippen molar-refractivity contribution in [2.24, 2.45) is 0 Å². The van der Waals surface area contributed by atoms with E-state index in [1.54, 1.807) is 34.3 Å². The maximum absolute atomic E-state index is 12.9. The van der Waals surface area contributed by atoms with Crippen LogP contribution in [0, 0.1) is 0 Å². The first-order chi connectivity index (χ1) is 14.5. The molecule has 0 radical (unpaired) electrons. The fourth-order valence-corrected chi connectivity index (χ4v) is 3.99. The standard InChI is InChI=1S/C22H22N4O4/c27-18-12-14(15-2-1-3-17-19(15)24-13-23-17)4-5-16(18)20(28)25-8-10-26(11-9-25)21(29)22(30)6-7-22/h1-5,12-13,27,30H,6-11H2,(H,23,24). The molecule has 0 bridgehead atoms. The number of nitrogens with one attached hydrogen (secondary N) is 1. The topological polar surface area (TPSA) is 110 Å². The minimum Gasteiger partial charge on any atom is -0.507 e. The van der Waals surface area contributed by atoms with Crippen molar-refractivity contribution in [1.82, 2.24) is 19.8 Å². The minimum absolute atomic E-state index is 0.0872. The first kappa shape index (κ1) is 18.6. The van der Waals surface area contributed by atoms with Crippen molar-refractivity contribution in [2.75, 3.05) is 26.2 Å². The van der Waals surface area contributed by atoms with E-state index in [-0.39, 0.29) is 23.1 Å². The number of aromatic amines is 1. The summed E-state index contributed by atoms with van der Waals surface area (Å²) in [5.74, 6) is -0.598. The van der Waals surface area contributed by atoms with Gasteiger partial charge in [0.25, 0.3) is 11.8 Å². The van der Waals surface area contributed by atoms with Crippen LogP contribution in [-0.2, 0) is 4.79 Å². The van der Waals surface area contributed by atoms with Crippen LogP contribution < -0.4 is 0 Å². The minimum atomic E-state index is -1.18. The van der Waals surface area contributed by atoms with Crippen LogP contribution >= 0.6 is 0 Å². The molecule has 5 rings (SSSR count). The van der Waals surface area contributed by atoms with Crippen LogP contribution in [0.4, 0.5) is 0 Å².